The Kier molecular flexibility index (Phi) is 4.08. The van der Waals surface area contributed by atoms with Gasteiger partial charge in [0.1, 0.15) is 6.61 Å². The van der Waals surface area contributed by atoms with Gasteiger partial charge in [0.25, 0.3) is 0 Å². The number of rotatable bonds is 4. The Morgan fingerprint density at radius 2 is 1.91 bits per heavy atom. The summed E-state index contributed by atoms with van der Waals surface area (Å²) in [6.07, 6.45) is 0. The molecule has 0 atom stereocenters. The zero-order chi connectivity index (χ0) is 15.7. The van der Waals surface area contributed by atoms with Gasteiger partial charge in [0.2, 0.25) is 0 Å². The summed E-state index contributed by atoms with van der Waals surface area (Å²) < 4.78 is 21.5. The Hall–Kier alpha value is -2.00. The van der Waals surface area contributed by atoms with Gasteiger partial charge in [-0.25, -0.2) is 4.39 Å². The van der Waals surface area contributed by atoms with Crippen LogP contribution in [0.15, 0.2) is 48.5 Å². The van der Waals surface area contributed by atoms with Crippen LogP contribution in [0.25, 0.3) is 10.9 Å². The zero-order valence-electron chi connectivity index (χ0n) is 12.5. The molecule has 2 aromatic carbocycles. The van der Waals surface area contributed by atoms with E-state index in [1.807, 2.05) is 24.3 Å². The maximum absolute atomic E-state index is 13.7. The van der Waals surface area contributed by atoms with E-state index in [0.29, 0.717) is 11.6 Å². The van der Waals surface area contributed by atoms with Crippen LogP contribution in [0.4, 0.5) is 4.39 Å². The highest BCUT2D eigenvalue weighted by atomic mass is 35.5. The van der Waals surface area contributed by atoms with Crippen LogP contribution in [0.5, 0.6) is 5.75 Å². The number of fused-ring (bicyclic) bond motifs is 1. The fourth-order valence-electron chi connectivity index (χ4n) is 2.70. The summed E-state index contributed by atoms with van der Waals surface area (Å²) in [5.41, 5.74) is 2.10. The first kappa shape index (κ1) is 14.9. The van der Waals surface area contributed by atoms with Crippen molar-refractivity contribution in [2.45, 2.75) is 26.5 Å². The van der Waals surface area contributed by atoms with Crippen LogP contribution in [0.1, 0.15) is 25.6 Å². The minimum atomic E-state index is -0.349. The van der Waals surface area contributed by atoms with Gasteiger partial charge in [-0.15, -0.1) is 0 Å². The van der Waals surface area contributed by atoms with Gasteiger partial charge in [0, 0.05) is 22.0 Å². The number of aromatic nitrogens is 1. The van der Waals surface area contributed by atoms with Gasteiger partial charge in [-0.2, -0.15) is 0 Å². The summed E-state index contributed by atoms with van der Waals surface area (Å²) in [6, 6.07) is 14.6. The third-order valence-corrected chi connectivity index (χ3v) is 3.84. The SMILES string of the molecule is CC(C)n1c(COc2ccccc2F)cc2cc(Cl)ccc21. The van der Waals surface area contributed by atoms with E-state index in [9.17, 15) is 4.39 Å². The second kappa shape index (κ2) is 6.01. The van der Waals surface area contributed by atoms with Gasteiger partial charge >= 0.3 is 0 Å². The highest BCUT2D eigenvalue weighted by Crippen LogP contribution is 2.28. The number of halogens is 2. The zero-order valence-corrected chi connectivity index (χ0v) is 13.3. The predicted molar refractivity (Wildman–Crippen MR) is 88.1 cm³/mol. The summed E-state index contributed by atoms with van der Waals surface area (Å²) in [4.78, 5) is 0. The second-order valence-electron chi connectivity index (χ2n) is 5.52. The number of ether oxygens (including phenoxy) is 1. The molecule has 0 aliphatic rings. The van der Waals surface area contributed by atoms with Gasteiger partial charge in [0.05, 0.1) is 5.69 Å². The lowest BCUT2D eigenvalue weighted by atomic mass is 10.2. The molecule has 0 bridgehead atoms. The number of hydrogen-bond donors (Lipinski definition) is 0. The number of benzene rings is 2. The van der Waals surface area contributed by atoms with Gasteiger partial charge in [-0.1, -0.05) is 23.7 Å². The lowest BCUT2D eigenvalue weighted by molar-refractivity contribution is 0.279. The monoisotopic (exact) mass is 317 g/mol. The highest BCUT2D eigenvalue weighted by Gasteiger charge is 2.13. The summed E-state index contributed by atoms with van der Waals surface area (Å²) >= 11 is 6.06. The molecule has 1 heterocycles. The molecule has 0 radical (unpaired) electrons. The van der Waals surface area contributed by atoms with Crippen LogP contribution in [0.3, 0.4) is 0 Å². The molecule has 114 valence electrons. The van der Waals surface area contributed by atoms with Gasteiger partial charge in [0.15, 0.2) is 11.6 Å². The highest BCUT2D eigenvalue weighted by molar-refractivity contribution is 6.31. The van der Waals surface area contributed by atoms with Crippen molar-refractivity contribution in [1.82, 2.24) is 4.57 Å². The van der Waals surface area contributed by atoms with E-state index in [1.165, 1.54) is 6.07 Å². The van der Waals surface area contributed by atoms with E-state index in [4.69, 9.17) is 16.3 Å². The first-order valence-electron chi connectivity index (χ1n) is 7.23. The van der Waals surface area contributed by atoms with Crippen LogP contribution in [-0.4, -0.2) is 4.57 Å². The maximum atomic E-state index is 13.7. The van der Waals surface area contributed by atoms with E-state index in [-0.39, 0.29) is 17.6 Å². The molecule has 2 nitrogen and oxygen atoms in total. The summed E-state index contributed by atoms with van der Waals surface area (Å²) in [7, 11) is 0. The molecule has 0 N–H and O–H groups in total. The lowest BCUT2D eigenvalue weighted by Gasteiger charge is -2.15. The normalized spacial score (nSPS) is 11.3. The fraction of sp³-hybridized carbons (Fsp3) is 0.222. The van der Waals surface area contributed by atoms with E-state index in [1.54, 1.807) is 18.2 Å². The summed E-state index contributed by atoms with van der Waals surface area (Å²) in [5, 5.41) is 1.77. The molecule has 0 saturated carbocycles. The van der Waals surface area contributed by atoms with Crippen molar-refractivity contribution in [3.63, 3.8) is 0 Å². The van der Waals surface area contributed by atoms with Gasteiger partial charge in [-0.05, 0) is 50.2 Å². The van der Waals surface area contributed by atoms with E-state index in [0.717, 1.165) is 16.6 Å². The van der Waals surface area contributed by atoms with Crippen molar-refractivity contribution in [3.8, 4) is 5.75 Å². The number of nitrogens with zero attached hydrogens (tertiary/aromatic N) is 1. The number of para-hydroxylation sites is 1. The molecule has 22 heavy (non-hydrogen) atoms. The molecule has 0 aliphatic carbocycles. The molecule has 0 amide bonds. The molecule has 3 rings (SSSR count). The molecule has 0 unspecified atom stereocenters. The average Bonchev–Trinajstić information content (AvgIpc) is 2.84. The summed E-state index contributed by atoms with van der Waals surface area (Å²) in [5.74, 6) is -0.0844. The Morgan fingerprint density at radius 1 is 1.14 bits per heavy atom. The molecule has 4 heteroatoms. The quantitative estimate of drug-likeness (QED) is 0.611. The molecule has 0 fully saturated rings. The molecule has 1 aromatic heterocycles. The Bertz CT molecular complexity index is 810. The average molecular weight is 318 g/mol. The topological polar surface area (TPSA) is 14.2 Å². The van der Waals surface area contributed by atoms with Crippen LogP contribution >= 0.6 is 11.6 Å². The summed E-state index contributed by atoms with van der Waals surface area (Å²) in [6.45, 7) is 4.53. The van der Waals surface area contributed by atoms with Crippen molar-refractivity contribution in [2.75, 3.05) is 0 Å². The first-order chi connectivity index (χ1) is 10.6. The Morgan fingerprint density at radius 3 is 2.64 bits per heavy atom. The standard InChI is InChI=1S/C18H17ClFNO/c1-12(2)21-15(10-13-9-14(19)7-8-17(13)21)11-22-18-6-4-3-5-16(18)20/h3-10,12H,11H2,1-2H3. The molecular weight excluding hydrogens is 301 g/mol. The second-order valence-corrected chi connectivity index (χ2v) is 5.96. The van der Waals surface area contributed by atoms with Crippen LogP contribution < -0.4 is 4.74 Å². The molecular formula is C18H17ClFNO. The third-order valence-electron chi connectivity index (χ3n) is 3.61. The van der Waals surface area contributed by atoms with Gasteiger partial charge < -0.3 is 9.30 Å². The molecule has 0 spiro atoms. The van der Waals surface area contributed by atoms with Crippen molar-refractivity contribution in [3.05, 3.63) is 65.1 Å². The maximum Gasteiger partial charge on any atom is 0.165 e. The minimum Gasteiger partial charge on any atom is -0.484 e. The smallest absolute Gasteiger partial charge is 0.165 e. The predicted octanol–water partition coefficient (Wildman–Crippen LogP) is 5.59. The molecule has 3 aromatic rings. The van der Waals surface area contributed by atoms with Gasteiger partial charge in [-0.3, -0.25) is 0 Å². The first-order valence-corrected chi connectivity index (χ1v) is 7.61. The van der Waals surface area contributed by atoms with Crippen LogP contribution in [0.2, 0.25) is 5.02 Å². The van der Waals surface area contributed by atoms with Crippen molar-refractivity contribution in [1.29, 1.82) is 0 Å². The molecule has 0 aliphatic heterocycles. The Labute approximate surface area is 134 Å². The van der Waals surface area contributed by atoms with E-state index >= 15 is 0 Å². The minimum absolute atomic E-state index is 0.265. The third kappa shape index (κ3) is 2.81. The fourth-order valence-corrected chi connectivity index (χ4v) is 2.88. The lowest BCUT2D eigenvalue weighted by Crippen LogP contribution is -2.08. The van der Waals surface area contributed by atoms with Crippen molar-refractivity contribution in [2.24, 2.45) is 0 Å². The van der Waals surface area contributed by atoms with Crippen molar-refractivity contribution < 1.29 is 9.13 Å². The van der Waals surface area contributed by atoms with E-state index in [2.05, 4.69) is 18.4 Å². The van der Waals surface area contributed by atoms with Crippen LogP contribution in [0, 0.1) is 5.82 Å². The van der Waals surface area contributed by atoms with Crippen LogP contribution in [-0.2, 0) is 6.61 Å². The number of hydrogen-bond acceptors (Lipinski definition) is 1. The Balaban J connectivity index is 1.96. The van der Waals surface area contributed by atoms with E-state index < -0.39 is 0 Å². The largest absolute Gasteiger partial charge is 0.484 e. The molecule has 0 saturated heterocycles. The van der Waals surface area contributed by atoms with Crippen molar-refractivity contribution >= 4 is 22.5 Å².